The number of carbonyl (C=O) groups is 1. The molecule has 80 valence electrons. The summed E-state index contributed by atoms with van der Waals surface area (Å²) in [6, 6.07) is 12.0. The van der Waals surface area contributed by atoms with Crippen molar-refractivity contribution in [2.75, 3.05) is 0 Å². The molecule has 3 heteroatoms. The molecule has 0 spiro atoms. The van der Waals surface area contributed by atoms with Gasteiger partial charge in [0.2, 0.25) is 0 Å². The minimum atomic E-state index is -0.213. The molecule has 0 aliphatic heterocycles. The van der Waals surface area contributed by atoms with Crippen LogP contribution in [-0.4, -0.2) is 17.5 Å². The summed E-state index contributed by atoms with van der Waals surface area (Å²) in [4.78, 5) is 10.0. The van der Waals surface area contributed by atoms with Crippen LogP contribution in [0.4, 0.5) is 0 Å². The predicted molar refractivity (Wildman–Crippen MR) is 57.0 cm³/mol. The zero-order valence-corrected chi connectivity index (χ0v) is 8.86. The summed E-state index contributed by atoms with van der Waals surface area (Å²) in [5, 5.41) is 0. The zero-order chi connectivity index (χ0) is 10.1. The van der Waals surface area contributed by atoms with Gasteiger partial charge in [0.1, 0.15) is 0 Å². The molecule has 0 aromatic heterocycles. The SMILES string of the molecule is CC(=O)OC(C)C.O.c1ccccc1. The number of benzene rings is 1. The third-order valence-electron chi connectivity index (χ3n) is 1.07. The lowest BCUT2D eigenvalue weighted by Crippen LogP contribution is -2.06. The van der Waals surface area contributed by atoms with Crippen LogP contribution in [0.15, 0.2) is 36.4 Å². The molecule has 0 heterocycles. The molecule has 0 bridgehead atoms. The Hall–Kier alpha value is -1.35. The summed E-state index contributed by atoms with van der Waals surface area (Å²) in [7, 11) is 0. The van der Waals surface area contributed by atoms with Gasteiger partial charge in [-0.2, -0.15) is 0 Å². The van der Waals surface area contributed by atoms with Gasteiger partial charge in [0, 0.05) is 6.92 Å². The van der Waals surface area contributed by atoms with Gasteiger partial charge in [-0.25, -0.2) is 0 Å². The van der Waals surface area contributed by atoms with Crippen molar-refractivity contribution in [1.29, 1.82) is 0 Å². The largest absolute Gasteiger partial charge is 0.463 e. The molecule has 1 aromatic rings. The van der Waals surface area contributed by atoms with E-state index in [1.807, 2.05) is 50.2 Å². The molecule has 14 heavy (non-hydrogen) atoms. The minimum Gasteiger partial charge on any atom is -0.463 e. The molecule has 0 aliphatic carbocycles. The summed E-state index contributed by atoms with van der Waals surface area (Å²) in [5.41, 5.74) is 0. The van der Waals surface area contributed by atoms with E-state index in [1.54, 1.807) is 0 Å². The van der Waals surface area contributed by atoms with E-state index in [4.69, 9.17) is 0 Å². The molecule has 0 aliphatic rings. The summed E-state index contributed by atoms with van der Waals surface area (Å²) < 4.78 is 4.61. The first kappa shape index (κ1) is 15.1. The van der Waals surface area contributed by atoms with E-state index in [0.29, 0.717) is 0 Å². The molecule has 0 fully saturated rings. The molecule has 3 nitrogen and oxygen atoms in total. The maximum atomic E-state index is 10.0. The summed E-state index contributed by atoms with van der Waals surface area (Å²) in [6.45, 7) is 5.04. The van der Waals surface area contributed by atoms with Crippen LogP contribution in [0.25, 0.3) is 0 Å². The Labute approximate surface area is 85.0 Å². The van der Waals surface area contributed by atoms with E-state index in [-0.39, 0.29) is 17.5 Å². The molecule has 0 saturated heterocycles. The van der Waals surface area contributed by atoms with Crippen LogP contribution in [0, 0.1) is 0 Å². The number of hydrogen-bond acceptors (Lipinski definition) is 2. The minimum absolute atomic E-state index is 0. The Bertz CT molecular complexity index is 193. The van der Waals surface area contributed by atoms with Crippen LogP contribution in [0.5, 0.6) is 0 Å². The summed E-state index contributed by atoms with van der Waals surface area (Å²) in [6.07, 6.45) is 0.0255. The van der Waals surface area contributed by atoms with E-state index in [9.17, 15) is 4.79 Å². The molecule has 1 rings (SSSR count). The molecular weight excluding hydrogens is 180 g/mol. The van der Waals surface area contributed by atoms with E-state index >= 15 is 0 Å². The van der Waals surface area contributed by atoms with Crippen molar-refractivity contribution < 1.29 is 15.0 Å². The Kier molecular flexibility index (Phi) is 10.5. The Morgan fingerprint density at radius 2 is 1.29 bits per heavy atom. The second kappa shape index (κ2) is 9.74. The van der Waals surface area contributed by atoms with Crippen LogP contribution >= 0.6 is 0 Å². The third-order valence-corrected chi connectivity index (χ3v) is 1.07. The highest BCUT2D eigenvalue weighted by Gasteiger charge is 1.93. The lowest BCUT2D eigenvalue weighted by molar-refractivity contribution is -0.144. The van der Waals surface area contributed by atoms with Crippen molar-refractivity contribution >= 4 is 5.97 Å². The van der Waals surface area contributed by atoms with Gasteiger partial charge in [-0.15, -0.1) is 0 Å². The number of esters is 1. The molecule has 0 amide bonds. The smallest absolute Gasteiger partial charge is 0.302 e. The van der Waals surface area contributed by atoms with Gasteiger partial charge in [-0.3, -0.25) is 4.79 Å². The molecule has 0 atom stereocenters. The molecule has 1 aromatic carbocycles. The van der Waals surface area contributed by atoms with E-state index in [0.717, 1.165) is 0 Å². The Morgan fingerprint density at radius 3 is 1.36 bits per heavy atom. The monoisotopic (exact) mass is 198 g/mol. The first-order valence-corrected chi connectivity index (χ1v) is 4.30. The fourth-order valence-electron chi connectivity index (χ4n) is 0.717. The standard InChI is InChI=1S/C6H6.C5H10O2.H2O/c1-2-4-6-5-3-1;1-4(2)7-5(3)6;/h1-6H;4H,1-3H3;1H2. The number of ether oxygens (including phenoxy) is 1. The van der Waals surface area contributed by atoms with Crippen molar-refractivity contribution in [3.05, 3.63) is 36.4 Å². The fraction of sp³-hybridized carbons (Fsp3) is 0.364. The first-order chi connectivity index (χ1) is 6.13. The van der Waals surface area contributed by atoms with Crippen molar-refractivity contribution in [3.63, 3.8) is 0 Å². The van der Waals surface area contributed by atoms with Gasteiger partial charge in [0.15, 0.2) is 0 Å². The molecule has 2 N–H and O–H groups in total. The second-order valence-electron chi connectivity index (χ2n) is 2.81. The van der Waals surface area contributed by atoms with Crippen LogP contribution in [0.1, 0.15) is 20.8 Å². The molecule has 0 radical (unpaired) electrons. The van der Waals surface area contributed by atoms with E-state index < -0.39 is 0 Å². The third kappa shape index (κ3) is 13.3. The van der Waals surface area contributed by atoms with Gasteiger partial charge in [-0.1, -0.05) is 36.4 Å². The van der Waals surface area contributed by atoms with E-state index in [2.05, 4.69) is 4.74 Å². The predicted octanol–water partition coefficient (Wildman–Crippen LogP) is 1.82. The topological polar surface area (TPSA) is 57.8 Å². The van der Waals surface area contributed by atoms with Crippen LogP contribution in [0.3, 0.4) is 0 Å². The van der Waals surface area contributed by atoms with Crippen LogP contribution < -0.4 is 0 Å². The van der Waals surface area contributed by atoms with E-state index in [1.165, 1.54) is 6.92 Å². The number of hydrogen-bond donors (Lipinski definition) is 0. The average Bonchev–Trinajstić information content (AvgIpc) is 2.06. The van der Waals surface area contributed by atoms with Gasteiger partial charge in [-0.05, 0) is 13.8 Å². The first-order valence-electron chi connectivity index (χ1n) is 4.30. The number of carbonyl (C=O) groups excluding carboxylic acids is 1. The zero-order valence-electron chi connectivity index (χ0n) is 8.86. The van der Waals surface area contributed by atoms with Crippen LogP contribution in [-0.2, 0) is 9.53 Å². The quantitative estimate of drug-likeness (QED) is 0.646. The maximum absolute atomic E-state index is 10.0. The lowest BCUT2D eigenvalue weighted by Gasteiger charge is -2.01. The Morgan fingerprint density at radius 1 is 1.00 bits per heavy atom. The fourth-order valence-corrected chi connectivity index (χ4v) is 0.717. The highest BCUT2D eigenvalue weighted by atomic mass is 16.5. The molecule has 0 unspecified atom stereocenters. The maximum Gasteiger partial charge on any atom is 0.302 e. The van der Waals surface area contributed by atoms with Gasteiger partial charge in [0.05, 0.1) is 6.10 Å². The van der Waals surface area contributed by atoms with Crippen molar-refractivity contribution in [3.8, 4) is 0 Å². The normalized spacial score (nSPS) is 8.00. The summed E-state index contributed by atoms with van der Waals surface area (Å²) in [5.74, 6) is -0.213. The van der Waals surface area contributed by atoms with Gasteiger partial charge in [0.25, 0.3) is 0 Å². The second-order valence-corrected chi connectivity index (χ2v) is 2.81. The van der Waals surface area contributed by atoms with Gasteiger partial charge < -0.3 is 10.2 Å². The summed E-state index contributed by atoms with van der Waals surface area (Å²) >= 11 is 0. The number of rotatable bonds is 1. The van der Waals surface area contributed by atoms with Gasteiger partial charge >= 0.3 is 5.97 Å². The van der Waals surface area contributed by atoms with Crippen LogP contribution in [0.2, 0.25) is 0 Å². The van der Waals surface area contributed by atoms with Crippen molar-refractivity contribution in [2.24, 2.45) is 0 Å². The average molecular weight is 198 g/mol. The Balaban J connectivity index is 0. The molecular formula is C11H18O3. The van der Waals surface area contributed by atoms with Crippen molar-refractivity contribution in [1.82, 2.24) is 0 Å². The highest BCUT2D eigenvalue weighted by Crippen LogP contribution is 1.85. The molecule has 0 saturated carbocycles. The lowest BCUT2D eigenvalue weighted by atomic mass is 10.4. The highest BCUT2D eigenvalue weighted by molar-refractivity contribution is 5.66. The van der Waals surface area contributed by atoms with Crippen molar-refractivity contribution in [2.45, 2.75) is 26.9 Å².